The van der Waals surface area contributed by atoms with E-state index < -0.39 is 0 Å². The van der Waals surface area contributed by atoms with Gasteiger partial charge < -0.3 is 10.1 Å². The van der Waals surface area contributed by atoms with Crippen LogP contribution in [0.5, 0.6) is 5.75 Å². The average molecular weight is 418 g/mol. The van der Waals surface area contributed by atoms with E-state index in [4.69, 9.17) is 17.0 Å². The summed E-state index contributed by atoms with van der Waals surface area (Å²) in [4.78, 5) is 8.49. The quantitative estimate of drug-likeness (QED) is 0.210. The Morgan fingerprint density at radius 1 is 1.29 bits per heavy atom. The van der Waals surface area contributed by atoms with E-state index >= 15 is 0 Å². The average Bonchev–Trinajstić information content (AvgIpc) is 2.70. The molecule has 1 aromatic carbocycles. The van der Waals surface area contributed by atoms with Crippen LogP contribution in [0, 0.1) is 5.92 Å². The summed E-state index contributed by atoms with van der Waals surface area (Å²) in [5, 5.41) is 8.83. The molecular formula is C20H27N5OS2. The lowest BCUT2D eigenvalue weighted by molar-refractivity contribution is 0.411. The van der Waals surface area contributed by atoms with Crippen molar-refractivity contribution in [1.82, 2.24) is 20.7 Å². The van der Waals surface area contributed by atoms with Gasteiger partial charge in [0, 0.05) is 30.3 Å². The third kappa shape index (κ3) is 7.44. The Balaban J connectivity index is 2.01. The summed E-state index contributed by atoms with van der Waals surface area (Å²) in [6.45, 7) is 7.15. The van der Waals surface area contributed by atoms with E-state index in [9.17, 15) is 0 Å². The molecule has 0 saturated heterocycles. The molecule has 2 aromatic rings. The van der Waals surface area contributed by atoms with Crippen molar-refractivity contribution in [1.29, 1.82) is 0 Å². The molecule has 0 amide bonds. The van der Waals surface area contributed by atoms with Gasteiger partial charge in [0.25, 0.3) is 0 Å². The second kappa shape index (κ2) is 11.6. The van der Waals surface area contributed by atoms with Crippen LogP contribution in [-0.4, -0.2) is 34.4 Å². The first-order chi connectivity index (χ1) is 13.5. The van der Waals surface area contributed by atoms with E-state index in [1.807, 2.05) is 19.1 Å². The summed E-state index contributed by atoms with van der Waals surface area (Å²) in [5.74, 6) is 2.17. The van der Waals surface area contributed by atoms with Gasteiger partial charge in [-0.15, -0.1) is 0 Å². The Kier molecular flexibility index (Phi) is 9.16. The molecular weight excluding hydrogens is 390 g/mol. The summed E-state index contributed by atoms with van der Waals surface area (Å²) in [6.07, 6.45) is 4.54. The standard InChI is InChI=1S/C20H27N5OS2/c1-14(2)8-11-21-19(27)25-24-15(3)16-6-7-18(26-4)17(12-16)13-28-20-22-9-5-10-23-20/h5-7,9-10,12,14H,8,11,13H2,1-4H3,(H2,21,25,27)/b24-15-. The van der Waals surface area contributed by atoms with Gasteiger partial charge in [0.05, 0.1) is 12.8 Å². The summed E-state index contributed by atoms with van der Waals surface area (Å²) in [6, 6.07) is 7.82. The summed E-state index contributed by atoms with van der Waals surface area (Å²) in [5.41, 5.74) is 5.82. The predicted octanol–water partition coefficient (Wildman–Crippen LogP) is 4.01. The Bertz CT molecular complexity index is 796. The molecule has 150 valence electrons. The highest BCUT2D eigenvalue weighted by molar-refractivity contribution is 7.98. The fourth-order valence-electron chi connectivity index (χ4n) is 2.33. The number of ether oxygens (including phenoxy) is 1. The van der Waals surface area contributed by atoms with Crippen molar-refractivity contribution in [2.24, 2.45) is 11.0 Å². The van der Waals surface area contributed by atoms with Crippen LogP contribution in [0.4, 0.5) is 0 Å². The minimum absolute atomic E-state index is 0.533. The molecule has 0 saturated carbocycles. The van der Waals surface area contributed by atoms with Gasteiger partial charge in [-0.1, -0.05) is 25.6 Å². The Morgan fingerprint density at radius 3 is 2.71 bits per heavy atom. The molecule has 0 atom stereocenters. The van der Waals surface area contributed by atoms with Crippen LogP contribution in [0.15, 0.2) is 46.9 Å². The number of thioether (sulfide) groups is 1. The van der Waals surface area contributed by atoms with Crippen molar-refractivity contribution in [3.05, 3.63) is 47.8 Å². The van der Waals surface area contributed by atoms with Crippen LogP contribution >= 0.6 is 24.0 Å². The van der Waals surface area contributed by atoms with E-state index in [1.165, 1.54) is 0 Å². The molecule has 0 radical (unpaired) electrons. The smallest absolute Gasteiger partial charge is 0.187 e. The first-order valence-corrected chi connectivity index (χ1v) is 10.5. The van der Waals surface area contributed by atoms with Gasteiger partial charge in [0.1, 0.15) is 5.75 Å². The second-order valence-corrected chi connectivity index (χ2v) is 7.94. The maximum absolute atomic E-state index is 5.49. The summed E-state index contributed by atoms with van der Waals surface area (Å²) in [7, 11) is 1.67. The molecule has 0 unspecified atom stereocenters. The van der Waals surface area contributed by atoms with Gasteiger partial charge >= 0.3 is 0 Å². The molecule has 0 aliphatic rings. The monoisotopic (exact) mass is 417 g/mol. The fraction of sp³-hybridized carbons (Fsp3) is 0.400. The zero-order valence-corrected chi connectivity index (χ0v) is 18.4. The normalized spacial score (nSPS) is 11.4. The summed E-state index contributed by atoms with van der Waals surface area (Å²) < 4.78 is 5.49. The van der Waals surface area contributed by atoms with Crippen LogP contribution in [0.2, 0.25) is 0 Å². The Labute approximate surface area is 176 Å². The maximum atomic E-state index is 5.49. The lowest BCUT2D eigenvalue weighted by atomic mass is 10.1. The first-order valence-electron chi connectivity index (χ1n) is 9.14. The van der Waals surface area contributed by atoms with Gasteiger partial charge in [0.2, 0.25) is 0 Å². The van der Waals surface area contributed by atoms with Gasteiger partial charge in [-0.05, 0) is 61.3 Å². The number of nitrogens with zero attached hydrogens (tertiary/aromatic N) is 3. The molecule has 0 bridgehead atoms. The number of methoxy groups -OCH3 is 1. The van der Waals surface area contributed by atoms with E-state index in [1.54, 1.807) is 37.3 Å². The predicted molar refractivity (Wildman–Crippen MR) is 120 cm³/mol. The molecule has 0 fully saturated rings. The molecule has 0 aliphatic carbocycles. The number of benzene rings is 1. The number of hydrazone groups is 1. The highest BCUT2D eigenvalue weighted by atomic mass is 32.2. The molecule has 0 aliphatic heterocycles. The van der Waals surface area contributed by atoms with Crippen molar-refractivity contribution in [2.45, 2.75) is 38.1 Å². The molecule has 8 heteroatoms. The number of aromatic nitrogens is 2. The zero-order valence-electron chi connectivity index (χ0n) is 16.7. The molecule has 2 N–H and O–H groups in total. The van der Waals surface area contributed by atoms with Crippen LogP contribution in [0.1, 0.15) is 38.3 Å². The van der Waals surface area contributed by atoms with Crippen LogP contribution in [0.3, 0.4) is 0 Å². The molecule has 6 nitrogen and oxygen atoms in total. The number of hydrogen-bond donors (Lipinski definition) is 2. The SMILES string of the molecule is COc1ccc(/C(C)=N\NC(=S)NCCC(C)C)cc1CSc1ncccn1. The van der Waals surface area contributed by atoms with Crippen molar-refractivity contribution in [3.63, 3.8) is 0 Å². The van der Waals surface area contributed by atoms with Crippen LogP contribution in [-0.2, 0) is 5.75 Å². The van der Waals surface area contributed by atoms with Crippen molar-refractivity contribution < 1.29 is 4.74 Å². The maximum Gasteiger partial charge on any atom is 0.187 e. The van der Waals surface area contributed by atoms with E-state index in [-0.39, 0.29) is 0 Å². The first kappa shape index (κ1) is 22.1. The third-order valence-corrected chi connectivity index (χ3v) is 5.09. The highest BCUT2D eigenvalue weighted by Crippen LogP contribution is 2.27. The minimum Gasteiger partial charge on any atom is -0.496 e. The second-order valence-electron chi connectivity index (χ2n) is 6.59. The molecule has 0 spiro atoms. The lowest BCUT2D eigenvalue weighted by Gasteiger charge is -2.11. The molecule has 2 rings (SSSR count). The molecule has 28 heavy (non-hydrogen) atoms. The number of rotatable bonds is 9. The van der Waals surface area contributed by atoms with Gasteiger partial charge in [-0.2, -0.15) is 5.10 Å². The third-order valence-electron chi connectivity index (χ3n) is 3.93. The number of nitrogens with one attached hydrogen (secondary N) is 2. The van der Waals surface area contributed by atoms with Crippen LogP contribution in [0.25, 0.3) is 0 Å². The fourth-order valence-corrected chi connectivity index (χ4v) is 3.26. The van der Waals surface area contributed by atoms with Gasteiger partial charge in [-0.3, -0.25) is 5.43 Å². The van der Waals surface area contributed by atoms with Crippen molar-refractivity contribution in [2.75, 3.05) is 13.7 Å². The highest BCUT2D eigenvalue weighted by Gasteiger charge is 2.08. The van der Waals surface area contributed by atoms with E-state index in [2.05, 4.69) is 45.7 Å². The van der Waals surface area contributed by atoms with Crippen molar-refractivity contribution >= 4 is 34.8 Å². The zero-order chi connectivity index (χ0) is 20.4. The lowest BCUT2D eigenvalue weighted by Crippen LogP contribution is -2.33. The summed E-state index contributed by atoms with van der Waals surface area (Å²) >= 11 is 6.83. The van der Waals surface area contributed by atoms with Crippen LogP contribution < -0.4 is 15.5 Å². The Morgan fingerprint density at radius 2 is 2.04 bits per heavy atom. The molecule has 1 heterocycles. The Hall–Kier alpha value is -2.19. The van der Waals surface area contributed by atoms with Gasteiger partial charge in [0.15, 0.2) is 10.3 Å². The number of thiocarbonyl (C=S) groups is 1. The topological polar surface area (TPSA) is 71.4 Å². The largest absolute Gasteiger partial charge is 0.496 e. The van der Waals surface area contributed by atoms with E-state index in [0.29, 0.717) is 16.8 Å². The van der Waals surface area contributed by atoms with Gasteiger partial charge in [-0.25, -0.2) is 9.97 Å². The number of hydrogen-bond acceptors (Lipinski definition) is 6. The van der Waals surface area contributed by atoms with Crippen molar-refractivity contribution in [3.8, 4) is 5.75 Å². The molecule has 1 aromatic heterocycles. The van der Waals surface area contributed by atoms with E-state index in [0.717, 1.165) is 40.7 Å². The minimum atomic E-state index is 0.533.